The van der Waals surface area contributed by atoms with Gasteiger partial charge in [-0.05, 0) is 30.5 Å². The van der Waals surface area contributed by atoms with Crippen molar-refractivity contribution in [3.8, 4) is 17.6 Å². The number of carbonyl (C=O) groups excluding carboxylic acids is 1. The normalized spacial score (nSPS) is 14.9. The van der Waals surface area contributed by atoms with Crippen LogP contribution in [0.4, 0.5) is 0 Å². The maximum absolute atomic E-state index is 12.2. The molecule has 1 amide bonds. The van der Waals surface area contributed by atoms with Crippen LogP contribution in [0.1, 0.15) is 24.0 Å². The molecule has 2 aromatic carbocycles. The van der Waals surface area contributed by atoms with Crippen molar-refractivity contribution in [2.45, 2.75) is 25.4 Å². The van der Waals surface area contributed by atoms with Gasteiger partial charge >= 0.3 is 0 Å². The Morgan fingerprint density at radius 3 is 2.61 bits per heavy atom. The number of benzene rings is 2. The van der Waals surface area contributed by atoms with Crippen LogP contribution < -0.4 is 14.8 Å². The van der Waals surface area contributed by atoms with E-state index >= 15 is 0 Å². The molecule has 6 nitrogen and oxygen atoms in total. The van der Waals surface area contributed by atoms with Crippen molar-refractivity contribution in [1.82, 2.24) is 10.2 Å². The van der Waals surface area contributed by atoms with E-state index in [-0.39, 0.29) is 18.6 Å². The van der Waals surface area contributed by atoms with E-state index in [0.29, 0.717) is 17.1 Å². The second kappa shape index (κ2) is 9.77. The van der Waals surface area contributed by atoms with E-state index in [1.54, 1.807) is 18.2 Å². The van der Waals surface area contributed by atoms with Gasteiger partial charge in [-0.25, -0.2) is 0 Å². The number of hydrogen-bond donors (Lipinski definition) is 1. The molecule has 146 valence electrons. The zero-order chi connectivity index (χ0) is 19.8. The lowest BCUT2D eigenvalue weighted by atomic mass is 10.0. The van der Waals surface area contributed by atoms with Gasteiger partial charge in [0.1, 0.15) is 0 Å². The van der Waals surface area contributed by atoms with Crippen LogP contribution >= 0.6 is 0 Å². The molecule has 1 heterocycles. The summed E-state index contributed by atoms with van der Waals surface area (Å²) in [5, 5.41) is 12.0. The summed E-state index contributed by atoms with van der Waals surface area (Å²) in [6.07, 6.45) is 1.86. The standard InChI is InChI=1S/C22H25N3O3/c1-27-21-13-18(14-23)7-8-20(21)28-16-22(26)24-19-9-11-25(12-10-19)15-17-5-3-2-4-6-17/h2-8,13,19H,9-12,15-16H2,1H3,(H,24,26). The van der Waals surface area contributed by atoms with Crippen molar-refractivity contribution in [2.75, 3.05) is 26.8 Å². The molecular formula is C22H25N3O3. The maximum Gasteiger partial charge on any atom is 0.258 e. The average Bonchev–Trinajstić information content (AvgIpc) is 2.74. The molecule has 0 spiro atoms. The second-order valence-corrected chi connectivity index (χ2v) is 6.87. The Morgan fingerprint density at radius 1 is 1.18 bits per heavy atom. The Bertz CT molecular complexity index is 825. The van der Waals surface area contributed by atoms with E-state index in [2.05, 4.69) is 34.5 Å². The number of nitrogens with one attached hydrogen (secondary N) is 1. The highest BCUT2D eigenvalue weighted by atomic mass is 16.5. The summed E-state index contributed by atoms with van der Waals surface area (Å²) < 4.78 is 10.8. The number of rotatable bonds is 7. The van der Waals surface area contributed by atoms with Gasteiger partial charge in [-0.1, -0.05) is 30.3 Å². The zero-order valence-corrected chi connectivity index (χ0v) is 16.1. The highest BCUT2D eigenvalue weighted by Gasteiger charge is 2.21. The molecule has 28 heavy (non-hydrogen) atoms. The summed E-state index contributed by atoms with van der Waals surface area (Å²) >= 11 is 0. The van der Waals surface area contributed by atoms with Crippen molar-refractivity contribution in [3.63, 3.8) is 0 Å². The molecule has 1 aliphatic heterocycles. The predicted molar refractivity (Wildman–Crippen MR) is 106 cm³/mol. The van der Waals surface area contributed by atoms with Gasteiger partial charge in [0.2, 0.25) is 0 Å². The smallest absolute Gasteiger partial charge is 0.258 e. The van der Waals surface area contributed by atoms with Gasteiger partial charge in [-0.2, -0.15) is 5.26 Å². The Hall–Kier alpha value is -3.04. The van der Waals surface area contributed by atoms with Crippen molar-refractivity contribution in [3.05, 3.63) is 59.7 Å². The molecule has 0 aromatic heterocycles. The van der Waals surface area contributed by atoms with Gasteiger partial charge in [0, 0.05) is 31.7 Å². The highest BCUT2D eigenvalue weighted by molar-refractivity contribution is 5.78. The lowest BCUT2D eigenvalue weighted by Gasteiger charge is -2.32. The fourth-order valence-electron chi connectivity index (χ4n) is 3.35. The van der Waals surface area contributed by atoms with E-state index in [0.717, 1.165) is 32.5 Å². The van der Waals surface area contributed by atoms with Crippen LogP contribution in [0.25, 0.3) is 0 Å². The number of piperidine rings is 1. The van der Waals surface area contributed by atoms with Crippen LogP contribution in [-0.2, 0) is 11.3 Å². The third kappa shape index (κ3) is 5.48. The molecule has 0 unspecified atom stereocenters. The number of amides is 1. The number of likely N-dealkylation sites (tertiary alicyclic amines) is 1. The summed E-state index contributed by atoms with van der Waals surface area (Å²) in [6.45, 7) is 2.80. The van der Waals surface area contributed by atoms with Gasteiger partial charge in [-0.3, -0.25) is 9.69 Å². The van der Waals surface area contributed by atoms with Crippen LogP contribution in [0.2, 0.25) is 0 Å². The van der Waals surface area contributed by atoms with Gasteiger partial charge in [0.05, 0.1) is 18.7 Å². The van der Waals surface area contributed by atoms with Crippen molar-refractivity contribution in [2.24, 2.45) is 0 Å². The number of nitriles is 1. The summed E-state index contributed by atoms with van der Waals surface area (Å²) in [5.74, 6) is 0.753. The average molecular weight is 379 g/mol. The highest BCUT2D eigenvalue weighted by Crippen LogP contribution is 2.27. The molecule has 1 aliphatic rings. The SMILES string of the molecule is COc1cc(C#N)ccc1OCC(=O)NC1CCN(Cc2ccccc2)CC1. The minimum Gasteiger partial charge on any atom is -0.493 e. The third-order valence-electron chi connectivity index (χ3n) is 4.85. The minimum absolute atomic E-state index is 0.0769. The Labute approximate surface area is 165 Å². The molecule has 0 bridgehead atoms. The van der Waals surface area contributed by atoms with Crippen molar-refractivity contribution < 1.29 is 14.3 Å². The molecular weight excluding hydrogens is 354 g/mol. The summed E-state index contributed by atoms with van der Waals surface area (Å²) in [4.78, 5) is 14.6. The van der Waals surface area contributed by atoms with E-state index in [4.69, 9.17) is 14.7 Å². The van der Waals surface area contributed by atoms with Crippen LogP contribution in [-0.4, -0.2) is 43.7 Å². The topological polar surface area (TPSA) is 74.6 Å². The van der Waals surface area contributed by atoms with Gasteiger partial charge in [0.25, 0.3) is 5.91 Å². The first-order chi connectivity index (χ1) is 13.7. The Kier molecular flexibility index (Phi) is 6.88. The van der Waals surface area contributed by atoms with E-state index in [1.807, 2.05) is 12.1 Å². The predicted octanol–water partition coefficient (Wildman–Crippen LogP) is 2.73. The van der Waals surface area contributed by atoms with Gasteiger partial charge in [-0.15, -0.1) is 0 Å². The third-order valence-corrected chi connectivity index (χ3v) is 4.85. The molecule has 1 N–H and O–H groups in total. The number of methoxy groups -OCH3 is 1. The molecule has 2 aromatic rings. The minimum atomic E-state index is -0.145. The second-order valence-electron chi connectivity index (χ2n) is 6.87. The number of ether oxygens (including phenoxy) is 2. The largest absolute Gasteiger partial charge is 0.493 e. The van der Waals surface area contributed by atoms with E-state index in [9.17, 15) is 4.79 Å². The first kappa shape index (κ1) is 19.7. The molecule has 1 fully saturated rings. The summed E-state index contributed by atoms with van der Waals surface area (Å²) in [7, 11) is 1.51. The molecule has 0 radical (unpaired) electrons. The van der Waals surface area contributed by atoms with Crippen LogP contribution in [0.5, 0.6) is 11.5 Å². The number of nitrogens with zero attached hydrogens (tertiary/aromatic N) is 2. The molecule has 3 rings (SSSR count). The molecule has 0 aliphatic carbocycles. The quantitative estimate of drug-likeness (QED) is 0.801. The Balaban J connectivity index is 1.42. The fourth-order valence-corrected chi connectivity index (χ4v) is 3.35. The summed E-state index contributed by atoms with van der Waals surface area (Å²) in [6, 6.07) is 17.5. The molecule has 0 saturated carbocycles. The van der Waals surface area contributed by atoms with E-state index < -0.39 is 0 Å². The zero-order valence-electron chi connectivity index (χ0n) is 16.1. The van der Waals surface area contributed by atoms with Gasteiger partial charge < -0.3 is 14.8 Å². The van der Waals surface area contributed by atoms with Crippen LogP contribution in [0, 0.1) is 11.3 Å². The lowest BCUT2D eigenvalue weighted by Crippen LogP contribution is -2.45. The molecule has 6 heteroatoms. The fraction of sp³-hybridized carbons (Fsp3) is 0.364. The lowest BCUT2D eigenvalue weighted by molar-refractivity contribution is -0.124. The first-order valence-electron chi connectivity index (χ1n) is 9.44. The van der Waals surface area contributed by atoms with Crippen LogP contribution in [0.15, 0.2) is 48.5 Å². The summed E-state index contributed by atoms with van der Waals surface area (Å²) in [5.41, 5.74) is 1.80. The first-order valence-corrected chi connectivity index (χ1v) is 9.44. The Morgan fingerprint density at radius 2 is 1.93 bits per heavy atom. The van der Waals surface area contributed by atoms with Crippen molar-refractivity contribution in [1.29, 1.82) is 5.26 Å². The van der Waals surface area contributed by atoms with Crippen LogP contribution in [0.3, 0.4) is 0 Å². The molecule has 1 saturated heterocycles. The maximum atomic E-state index is 12.2. The number of hydrogen-bond acceptors (Lipinski definition) is 5. The monoisotopic (exact) mass is 379 g/mol. The van der Waals surface area contributed by atoms with E-state index in [1.165, 1.54) is 12.7 Å². The molecule has 0 atom stereocenters. The van der Waals surface area contributed by atoms with Gasteiger partial charge in [0.15, 0.2) is 18.1 Å². The number of carbonyl (C=O) groups is 1. The van der Waals surface area contributed by atoms with Crippen molar-refractivity contribution >= 4 is 5.91 Å².